The van der Waals surface area contributed by atoms with E-state index in [1.165, 1.54) is 31.8 Å². The van der Waals surface area contributed by atoms with E-state index in [1.54, 1.807) is 6.08 Å². The quantitative estimate of drug-likeness (QED) is 0.146. The van der Waals surface area contributed by atoms with Gasteiger partial charge in [-0.05, 0) is 18.9 Å². The molecule has 0 aliphatic heterocycles. The van der Waals surface area contributed by atoms with E-state index in [-0.39, 0.29) is 29.6 Å². The zero-order valence-electron chi connectivity index (χ0n) is 10.6. The van der Waals surface area contributed by atoms with E-state index in [4.69, 9.17) is 0 Å². The molecule has 0 amide bonds. The van der Waals surface area contributed by atoms with E-state index in [2.05, 4.69) is 11.1 Å². The van der Waals surface area contributed by atoms with Gasteiger partial charge in [0.2, 0.25) is 0 Å². The van der Waals surface area contributed by atoms with Crippen LogP contribution in [-0.4, -0.2) is 13.0 Å². The summed E-state index contributed by atoms with van der Waals surface area (Å²) in [4.78, 5) is 0. The van der Waals surface area contributed by atoms with E-state index in [1.807, 2.05) is 6.08 Å². The van der Waals surface area contributed by atoms with Crippen LogP contribution in [0.25, 0.3) is 0 Å². The SMILES string of the molecule is CCCCCCC/C=C/C=C/OS(=O)(=O)[O-].[Na+]. The molecule has 0 aromatic rings. The van der Waals surface area contributed by atoms with Gasteiger partial charge in [-0.2, -0.15) is 0 Å². The predicted octanol–water partition coefficient (Wildman–Crippen LogP) is -0.102. The summed E-state index contributed by atoms with van der Waals surface area (Å²) in [6.07, 6.45) is 12.9. The monoisotopic (exact) mass is 270 g/mol. The van der Waals surface area contributed by atoms with Crippen LogP contribution >= 0.6 is 0 Å². The van der Waals surface area contributed by atoms with Gasteiger partial charge < -0.3 is 8.74 Å². The van der Waals surface area contributed by atoms with Crippen LogP contribution in [0.4, 0.5) is 0 Å². The summed E-state index contributed by atoms with van der Waals surface area (Å²) < 4.78 is 33.9. The first-order chi connectivity index (χ1) is 7.56. The number of hydrogen-bond donors (Lipinski definition) is 0. The maximum absolute atomic E-state index is 10.0. The van der Waals surface area contributed by atoms with Gasteiger partial charge in [-0.3, -0.25) is 0 Å². The van der Waals surface area contributed by atoms with Crippen LogP contribution in [0.5, 0.6) is 0 Å². The van der Waals surface area contributed by atoms with E-state index < -0.39 is 10.4 Å². The smallest absolute Gasteiger partial charge is 0.716 e. The molecule has 0 spiro atoms. The molecule has 0 bridgehead atoms. The Bertz CT molecular complexity index is 309. The van der Waals surface area contributed by atoms with Crippen LogP contribution in [0.2, 0.25) is 0 Å². The third-order valence-corrected chi connectivity index (χ3v) is 2.32. The molecule has 0 saturated heterocycles. The third kappa shape index (κ3) is 18.7. The fourth-order valence-corrected chi connectivity index (χ4v) is 1.39. The van der Waals surface area contributed by atoms with Crippen molar-refractivity contribution in [2.75, 3.05) is 0 Å². The zero-order chi connectivity index (χ0) is 12.3. The summed E-state index contributed by atoms with van der Waals surface area (Å²) in [7, 11) is -4.60. The van der Waals surface area contributed by atoms with Crippen molar-refractivity contribution < 1.29 is 46.7 Å². The minimum atomic E-state index is -4.60. The Hall–Kier alpha value is 0.190. The molecule has 0 fully saturated rings. The molecule has 0 N–H and O–H groups in total. The van der Waals surface area contributed by atoms with Crippen LogP contribution in [0, 0.1) is 0 Å². The molecule has 0 aliphatic carbocycles. The van der Waals surface area contributed by atoms with Crippen molar-refractivity contribution in [3.8, 4) is 0 Å². The van der Waals surface area contributed by atoms with Crippen LogP contribution in [0.1, 0.15) is 45.4 Å². The fraction of sp³-hybridized carbons (Fsp3) is 0.636. The average Bonchev–Trinajstić information content (AvgIpc) is 2.19. The molecule has 0 heterocycles. The first kappa shape index (κ1) is 19.5. The van der Waals surface area contributed by atoms with E-state index in [9.17, 15) is 13.0 Å². The first-order valence-electron chi connectivity index (χ1n) is 5.52. The van der Waals surface area contributed by atoms with Crippen LogP contribution in [0.15, 0.2) is 24.5 Å². The largest absolute Gasteiger partial charge is 1.00 e. The fourth-order valence-electron chi connectivity index (χ4n) is 1.19. The summed E-state index contributed by atoms with van der Waals surface area (Å²) in [5.41, 5.74) is 0. The molecule has 0 radical (unpaired) electrons. The van der Waals surface area contributed by atoms with Gasteiger partial charge in [0.1, 0.15) is 6.26 Å². The Morgan fingerprint density at radius 2 is 1.76 bits per heavy atom. The van der Waals surface area contributed by atoms with Crippen molar-refractivity contribution in [1.29, 1.82) is 0 Å². The Labute approximate surface area is 126 Å². The van der Waals surface area contributed by atoms with Gasteiger partial charge in [0, 0.05) is 0 Å². The van der Waals surface area contributed by atoms with Crippen molar-refractivity contribution >= 4 is 10.4 Å². The predicted molar refractivity (Wildman–Crippen MR) is 62.4 cm³/mol. The average molecular weight is 270 g/mol. The van der Waals surface area contributed by atoms with Gasteiger partial charge in [0.25, 0.3) is 10.4 Å². The van der Waals surface area contributed by atoms with Crippen LogP contribution < -0.4 is 29.6 Å². The zero-order valence-corrected chi connectivity index (χ0v) is 13.4. The van der Waals surface area contributed by atoms with Crippen LogP contribution in [0.3, 0.4) is 0 Å². The van der Waals surface area contributed by atoms with Gasteiger partial charge in [-0.15, -0.1) is 0 Å². The Morgan fingerprint density at radius 3 is 2.35 bits per heavy atom. The number of unbranched alkanes of at least 4 members (excludes halogenated alkanes) is 5. The van der Waals surface area contributed by atoms with Crippen molar-refractivity contribution in [3.63, 3.8) is 0 Å². The van der Waals surface area contributed by atoms with E-state index >= 15 is 0 Å². The minimum Gasteiger partial charge on any atom is -0.716 e. The van der Waals surface area contributed by atoms with E-state index in [0.29, 0.717) is 0 Å². The van der Waals surface area contributed by atoms with Crippen molar-refractivity contribution in [1.82, 2.24) is 0 Å². The van der Waals surface area contributed by atoms with Crippen molar-refractivity contribution in [3.05, 3.63) is 24.5 Å². The van der Waals surface area contributed by atoms with Gasteiger partial charge >= 0.3 is 29.6 Å². The normalized spacial score (nSPS) is 11.9. The van der Waals surface area contributed by atoms with Gasteiger partial charge in [-0.1, -0.05) is 44.8 Å². The van der Waals surface area contributed by atoms with Crippen molar-refractivity contribution in [2.24, 2.45) is 0 Å². The summed E-state index contributed by atoms with van der Waals surface area (Å²) in [6.45, 7) is 2.18. The van der Waals surface area contributed by atoms with Gasteiger partial charge in [-0.25, -0.2) is 8.42 Å². The molecular weight excluding hydrogens is 251 g/mol. The standard InChI is InChI=1S/C11H20O4S.Na/c1-2-3-4-5-6-7-8-9-10-11-15-16(12,13)14;/h8-11H,2-7H2,1H3,(H,12,13,14);/q;+1/p-1/b9-8+,11-10+;. The Balaban J connectivity index is 0. The van der Waals surface area contributed by atoms with Crippen LogP contribution in [-0.2, 0) is 14.6 Å². The molecule has 17 heavy (non-hydrogen) atoms. The second kappa shape index (κ2) is 12.6. The maximum Gasteiger partial charge on any atom is 1.00 e. The van der Waals surface area contributed by atoms with Crippen molar-refractivity contribution in [2.45, 2.75) is 45.4 Å². The molecule has 0 aliphatic rings. The number of rotatable bonds is 9. The maximum atomic E-state index is 10.0. The van der Waals surface area contributed by atoms with Gasteiger partial charge in [0.05, 0.1) is 0 Å². The molecule has 0 saturated carbocycles. The molecule has 0 unspecified atom stereocenters. The number of allylic oxidation sites excluding steroid dienone is 3. The topological polar surface area (TPSA) is 66.4 Å². The molecule has 0 aromatic heterocycles. The molecule has 4 nitrogen and oxygen atoms in total. The molecule has 0 aromatic carbocycles. The summed E-state index contributed by atoms with van der Waals surface area (Å²) in [6, 6.07) is 0. The third-order valence-electron chi connectivity index (χ3n) is 1.97. The first-order valence-corrected chi connectivity index (χ1v) is 6.85. The summed E-state index contributed by atoms with van der Waals surface area (Å²) in [5, 5.41) is 0. The minimum absolute atomic E-state index is 0. The van der Waals surface area contributed by atoms with Gasteiger partial charge in [0.15, 0.2) is 0 Å². The molecule has 6 heteroatoms. The molecule has 0 atom stereocenters. The Kier molecular flexibility index (Phi) is 14.5. The second-order valence-electron chi connectivity index (χ2n) is 3.46. The second-order valence-corrected chi connectivity index (χ2v) is 4.47. The molecule has 94 valence electrons. The number of hydrogen-bond acceptors (Lipinski definition) is 4. The van der Waals surface area contributed by atoms with E-state index in [0.717, 1.165) is 19.1 Å². The Morgan fingerprint density at radius 1 is 1.12 bits per heavy atom. The summed E-state index contributed by atoms with van der Waals surface area (Å²) in [5.74, 6) is 0. The summed E-state index contributed by atoms with van der Waals surface area (Å²) >= 11 is 0. The molecule has 0 rings (SSSR count). The molecular formula is C11H19NaO4S.